The lowest BCUT2D eigenvalue weighted by atomic mass is 9.76. The van der Waals surface area contributed by atoms with Gasteiger partial charge < -0.3 is 86.3 Å². The maximum atomic E-state index is 11.1. The molecule has 6 aliphatic carbocycles. The number of nitrogens with zero attached hydrogens (tertiary/aromatic N) is 15. The molecular weight excluding hydrogens is 1480 g/mol. The lowest BCUT2D eigenvalue weighted by Crippen LogP contribution is -2.49. The summed E-state index contributed by atoms with van der Waals surface area (Å²) in [6.07, 6.45) is 20.7. The Morgan fingerprint density at radius 1 is 0.441 bits per heavy atom. The topological polar surface area (TPSA) is 387 Å². The molecule has 0 bridgehead atoms. The van der Waals surface area contributed by atoms with Crippen molar-refractivity contribution in [3.05, 3.63) is 145 Å². The molecule has 6 fully saturated rings. The Balaban J connectivity index is 0.000000133. The van der Waals surface area contributed by atoms with Crippen molar-refractivity contribution in [1.82, 2.24) is 88.2 Å². The summed E-state index contributed by atoms with van der Waals surface area (Å²) in [5.74, 6) is 7.15. The van der Waals surface area contributed by atoms with Crippen LogP contribution in [0.15, 0.2) is 110 Å². The Morgan fingerprint density at radius 3 is 1.16 bits per heavy atom. The van der Waals surface area contributed by atoms with Crippen LogP contribution in [-0.2, 0) is 30.1 Å². The van der Waals surface area contributed by atoms with Gasteiger partial charge in [-0.2, -0.15) is 0 Å². The zero-order valence-electron chi connectivity index (χ0n) is 70.6. The van der Waals surface area contributed by atoms with Gasteiger partial charge in [0.15, 0.2) is 0 Å². The molecule has 12 atom stereocenters. The van der Waals surface area contributed by atoms with Crippen molar-refractivity contribution in [3.63, 3.8) is 0 Å². The van der Waals surface area contributed by atoms with Gasteiger partial charge in [-0.05, 0) is 203 Å². The Labute approximate surface area is 691 Å². The first kappa shape index (κ1) is 82.7. The van der Waals surface area contributed by atoms with Crippen LogP contribution in [0.25, 0.3) is 66.2 Å². The van der Waals surface area contributed by atoms with Gasteiger partial charge >= 0.3 is 0 Å². The summed E-state index contributed by atoms with van der Waals surface area (Å²) in [6, 6.07) is 26.0. The van der Waals surface area contributed by atoms with Gasteiger partial charge in [0, 0.05) is 99.9 Å². The summed E-state index contributed by atoms with van der Waals surface area (Å²) >= 11 is 0. The van der Waals surface area contributed by atoms with E-state index in [1.807, 2.05) is 50.5 Å². The van der Waals surface area contributed by atoms with Gasteiger partial charge in [-0.25, -0.2) is 44.9 Å². The van der Waals surface area contributed by atoms with E-state index in [-0.39, 0.29) is 46.7 Å². The molecule has 630 valence electrons. The van der Waals surface area contributed by atoms with Gasteiger partial charge in [0.2, 0.25) is 0 Å². The van der Waals surface area contributed by atoms with E-state index in [4.69, 9.17) is 32.2 Å². The number of anilines is 3. The summed E-state index contributed by atoms with van der Waals surface area (Å²) in [6.45, 7) is 26.5. The van der Waals surface area contributed by atoms with Crippen LogP contribution >= 0.6 is 0 Å². The summed E-state index contributed by atoms with van der Waals surface area (Å²) in [5, 5.41) is 68.3. The average Bonchev–Trinajstić information content (AvgIpc) is 1.62. The smallest absolute Gasteiger partial charge is 0.145 e. The molecule has 18 rings (SSSR count). The van der Waals surface area contributed by atoms with Crippen LogP contribution in [-0.4, -0.2) is 213 Å². The molecule has 15 N–H and O–H groups in total. The molecule has 0 aliphatic heterocycles. The number of aliphatic hydroxyl groups is 6. The fraction of sp³-hybridized carbons (Fsp3) is 0.571. The first-order valence-electron chi connectivity index (χ1n) is 43.4. The highest BCUT2D eigenvalue weighted by atomic mass is 16.3. The number of aryl methyl sites for hydroxylation is 4. The van der Waals surface area contributed by atoms with Crippen molar-refractivity contribution in [2.24, 2.45) is 41.4 Å². The molecule has 6 aliphatic rings. The maximum Gasteiger partial charge on any atom is 0.145 e. The second-order valence-corrected chi connectivity index (χ2v) is 38.3. The van der Waals surface area contributed by atoms with E-state index in [9.17, 15) is 30.6 Å². The van der Waals surface area contributed by atoms with Crippen LogP contribution in [0, 0.1) is 48.3 Å². The lowest BCUT2D eigenvalue weighted by Gasteiger charge is -2.45. The molecule has 6 saturated carbocycles. The number of H-pyrrole nitrogens is 3. The van der Waals surface area contributed by atoms with Crippen molar-refractivity contribution in [2.75, 3.05) is 57.0 Å². The number of nitrogen functional groups attached to an aromatic ring is 3. The Hall–Kier alpha value is -9.03. The molecule has 0 radical (unpaired) electrons. The molecule has 0 amide bonds. The molecule has 27 nitrogen and oxygen atoms in total. The summed E-state index contributed by atoms with van der Waals surface area (Å²) < 4.78 is 5.87. The molecular formula is C91H125N21O6. The Bertz CT molecular complexity index is 5440. The SMILES string of the molecule is CC(C)CN(C[C@H]1C[C@@H](n2ccc3c(N)ncnc32)[C@H](O)[C@@H]1O)C1CC(CCc2nc3ccc(C(C)(C)C)cc3[nH]2)C1.CCN(C[C@H]1C[C@@H](n2ccc3c(N)ncnc32)[C@H](O)[C@@H]1O)C1CC(CCc2nc3ccc(C(C)(C)C)cc3[nH]2)C1.Cc1ccc2nc(CCC3CC(N(C)C[C@H]4C[C@@H](n5ccc6c(N)ncnc65)[C@H](O)[C@@H]4O)C3)[nH]c2c1. The minimum Gasteiger partial charge on any atom is -0.390 e. The van der Waals surface area contributed by atoms with Crippen molar-refractivity contribution in [2.45, 2.75) is 249 Å². The third kappa shape index (κ3) is 17.2. The van der Waals surface area contributed by atoms with Gasteiger partial charge in [-0.3, -0.25) is 4.90 Å². The number of fused-ring (bicyclic) bond motifs is 6. The van der Waals surface area contributed by atoms with Crippen LogP contribution in [0.2, 0.25) is 0 Å². The fourth-order valence-corrected chi connectivity index (χ4v) is 20.3. The van der Waals surface area contributed by atoms with Gasteiger partial charge in [0.05, 0.1) is 85.7 Å². The van der Waals surface area contributed by atoms with Crippen molar-refractivity contribution < 1.29 is 30.6 Å². The number of benzene rings is 3. The van der Waals surface area contributed by atoms with Crippen LogP contribution in [0.1, 0.15) is 192 Å². The first-order chi connectivity index (χ1) is 56.5. The van der Waals surface area contributed by atoms with Crippen molar-refractivity contribution >= 4 is 83.7 Å². The predicted octanol–water partition coefficient (Wildman–Crippen LogP) is 11.9. The quantitative estimate of drug-likeness (QED) is 0.0267. The van der Waals surface area contributed by atoms with Gasteiger partial charge in [-0.1, -0.05) is 80.5 Å². The molecule has 0 unspecified atom stereocenters. The van der Waals surface area contributed by atoms with E-state index < -0.39 is 36.6 Å². The van der Waals surface area contributed by atoms with E-state index in [1.165, 1.54) is 74.2 Å². The molecule has 12 aromatic rings. The number of aromatic nitrogens is 15. The van der Waals surface area contributed by atoms with Crippen LogP contribution < -0.4 is 17.2 Å². The summed E-state index contributed by atoms with van der Waals surface area (Å²) in [7, 11) is 2.15. The first-order valence-corrected chi connectivity index (χ1v) is 43.4. The highest BCUT2D eigenvalue weighted by Crippen LogP contribution is 2.46. The molecule has 9 aromatic heterocycles. The zero-order valence-corrected chi connectivity index (χ0v) is 70.6. The van der Waals surface area contributed by atoms with Crippen molar-refractivity contribution in [3.8, 4) is 0 Å². The molecule has 0 saturated heterocycles. The maximum absolute atomic E-state index is 11.1. The molecule has 3 aromatic carbocycles. The van der Waals surface area contributed by atoms with Crippen LogP contribution in [0.3, 0.4) is 0 Å². The van der Waals surface area contributed by atoms with E-state index in [0.717, 1.165) is 138 Å². The fourth-order valence-electron chi connectivity index (χ4n) is 20.3. The third-order valence-electron chi connectivity index (χ3n) is 27.6. The highest BCUT2D eigenvalue weighted by molar-refractivity contribution is 5.88. The van der Waals surface area contributed by atoms with Crippen LogP contribution in [0.5, 0.6) is 0 Å². The summed E-state index contributed by atoms with van der Waals surface area (Å²) in [4.78, 5) is 57.9. The van der Waals surface area contributed by atoms with E-state index in [2.05, 4.69) is 190 Å². The summed E-state index contributed by atoms with van der Waals surface area (Å²) in [5.41, 5.74) is 30.8. The van der Waals surface area contributed by atoms with Crippen LogP contribution in [0.4, 0.5) is 17.5 Å². The van der Waals surface area contributed by atoms with E-state index in [1.54, 1.807) is 0 Å². The number of nitrogens with two attached hydrogens (primary N) is 3. The second-order valence-electron chi connectivity index (χ2n) is 38.3. The van der Waals surface area contributed by atoms with Gasteiger partial charge in [-0.15, -0.1) is 0 Å². The standard InChI is InChI=1S/C33H47N7O2.C31H43N7O2.C27H35N7O2/c1-19(2)16-39(17-21-14-27(30(42)29(21)41)40-11-10-24-31(34)35-18-36-32(24)40)23-12-20(13-23)6-9-28-37-25-8-7-22(33(3,4)5)15-26(25)38-28;1-5-37(16-19-14-25(28(40)27(19)39)38-11-10-22-29(32)33-17-34-30(22)38)21-12-18(13-21)6-9-26-35-23-8-7-20(31(2,3)4)15-24(23)36-26;1-15-3-5-20-21(9-15)32-23(31-20)6-4-16-10-18(11-16)33(2)13-17-12-22(25(36)24(17)35)34-8-7-19-26(28)29-14-30-27(19)34/h7-8,10-11,15,18-21,23,27,29-30,41-42H,6,9,12-14,16-17H2,1-5H3,(H,37,38)(H2,34,35,36);7-8,10-11,15,17-19,21,25,27-28,39-40H,5-6,9,12-14,16H2,1-4H3,(H,35,36)(H2,32,33,34);3,5,7-9,14,16-18,22,24-25,35-36H,4,6,10-13H2,1-2H3,(H,31,32)(H2,28,29,30)/t20?,21-,23?,27-,29-,30+;18?,19-,21?,25-,27-,28+;16?,17-,18?,22-,24-,25+/m111/s1. The Morgan fingerprint density at radius 2 is 0.788 bits per heavy atom. The largest absolute Gasteiger partial charge is 0.390 e. The van der Waals surface area contributed by atoms with Gasteiger partial charge in [0.1, 0.15) is 89.2 Å². The minimum absolute atomic E-state index is 0.00386. The van der Waals surface area contributed by atoms with Gasteiger partial charge in [0.25, 0.3) is 0 Å². The molecule has 27 heteroatoms. The van der Waals surface area contributed by atoms with E-state index >= 15 is 0 Å². The monoisotopic (exact) mass is 1610 g/mol. The molecule has 0 spiro atoms. The second kappa shape index (κ2) is 33.9. The highest BCUT2D eigenvalue weighted by Gasteiger charge is 2.48. The third-order valence-corrected chi connectivity index (χ3v) is 27.6. The normalized spacial score (nSPS) is 27.3. The minimum atomic E-state index is -0.847. The average molecular weight is 1610 g/mol. The Kier molecular flexibility index (Phi) is 23.7. The number of aromatic amines is 3. The van der Waals surface area contributed by atoms with Crippen molar-refractivity contribution in [1.29, 1.82) is 0 Å². The number of hydrogen-bond acceptors (Lipinski definition) is 21. The lowest BCUT2D eigenvalue weighted by molar-refractivity contribution is -0.0132. The number of rotatable bonds is 24. The molecule has 9 heterocycles. The number of aliphatic hydroxyl groups excluding tert-OH is 6. The molecule has 118 heavy (non-hydrogen) atoms. The van der Waals surface area contributed by atoms with E-state index in [0.29, 0.717) is 95.5 Å². The predicted molar refractivity (Wildman–Crippen MR) is 464 cm³/mol. The zero-order chi connectivity index (χ0) is 82.9. The number of hydrogen-bond donors (Lipinski definition) is 12. The number of nitrogens with one attached hydrogen (secondary N) is 3. The number of imidazole rings is 3.